The van der Waals surface area contributed by atoms with Gasteiger partial charge in [-0.15, -0.1) is 12.4 Å². The number of aryl methyl sites for hydroxylation is 1. The Morgan fingerprint density at radius 3 is 2.75 bits per heavy atom. The van der Waals surface area contributed by atoms with Gasteiger partial charge in [0.15, 0.2) is 0 Å². The van der Waals surface area contributed by atoms with Crippen molar-refractivity contribution >= 4 is 35.6 Å². The molecule has 1 amide bonds. The molecule has 1 saturated heterocycles. The average molecular weight is 430 g/mol. The summed E-state index contributed by atoms with van der Waals surface area (Å²) >= 11 is 6.18. The van der Waals surface area contributed by atoms with E-state index in [1.807, 2.05) is 17.8 Å². The van der Waals surface area contributed by atoms with Crippen LogP contribution in [0.3, 0.4) is 0 Å². The number of benzene rings is 1. The van der Waals surface area contributed by atoms with Crippen LogP contribution in [0, 0.1) is 0 Å². The predicted octanol–water partition coefficient (Wildman–Crippen LogP) is 2.10. The van der Waals surface area contributed by atoms with Crippen LogP contribution < -0.4 is 20.1 Å². The fourth-order valence-electron chi connectivity index (χ4n) is 3.22. The SMILES string of the molecule is COc1cc(OC)c(NC(=O)CN2CCNCC2c2nccn2C)cc1Cl.Cl. The topological polar surface area (TPSA) is 80.7 Å². The lowest BCUT2D eigenvalue weighted by Gasteiger charge is -2.35. The lowest BCUT2D eigenvalue weighted by molar-refractivity contribution is -0.118. The van der Waals surface area contributed by atoms with Gasteiger partial charge in [-0.2, -0.15) is 0 Å². The van der Waals surface area contributed by atoms with E-state index in [-0.39, 0.29) is 30.9 Å². The van der Waals surface area contributed by atoms with Gasteiger partial charge in [0, 0.05) is 45.1 Å². The molecule has 1 aromatic carbocycles. The average Bonchev–Trinajstić information content (AvgIpc) is 3.08. The molecule has 0 saturated carbocycles. The van der Waals surface area contributed by atoms with Crippen LogP contribution in [0.1, 0.15) is 11.9 Å². The molecule has 28 heavy (non-hydrogen) atoms. The summed E-state index contributed by atoms with van der Waals surface area (Å²) in [7, 11) is 5.02. The first kappa shape index (κ1) is 22.3. The highest BCUT2D eigenvalue weighted by molar-refractivity contribution is 6.32. The number of piperazine rings is 1. The van der Waals surface area contributed by atoms with Gasteiger partial charge in [0.2, 0.25) is 5.91 Å². The normalized spacial score (nSPS) is 16.9. The Morgan fingerprint density at radius 2 is 2.11 bits per heavy atom. The van der Waals surface area contributed by atoms with Crippen LogP contribution in [0.25, 0.3) is 0 Å². The van der Waals surface area contributed by atoms with Gasteiger partial charge in [0.05, 0.1) is 37.5 Å². The fraction of sp³-hybridized carbons (Fsp3) is 0.444. The molecule has 0 spiro atoms. The minimum absolute atomic E-state index is 0. The van der Waals surface area contributed by atoms with E-state index >= 15 is 0 Å². The highest BCUT2D eigenvalue weighted by atomic mass is 35.5. The molecule has 2 aromatic rings. The van der Waals surface area contributed by atoms with Crippen molar-refractivity contribution in [1.82, 2.24) is 19.8 Å². The van der Waals surface area contributed by atoms with E-state index in [0.29, 0.717) is 22.2 Å². The van der Waals surface area contributed by atoms with Crippen molar-refractivity contribution in [3.63, 3.8) is 0 Å². The van der Waals surface area contributed by atoms with E-state index in [1.54, 1.807) is 18.3 Å². The molecule has 1 aromatic heterocycles. The zero-order valence-corrected chi connectivity index (χ0v) is 17.6. The Kier molecular flexibility index (Phi) is 7.94. The third kappa shape index (κ3) is 4.88. The maximum absolute atomic E-state index is 12.7. The zero-order valence-electron chi connectivity index (χ0n) is 16.1. The number of ether oxygens (including phenoxy) is 2. The number of imidazole rings is 1. The molecule has 2 N–H and O–H groups in total. The van der Waals surface area contributed by atoms with Gasteiger partial charge >= 0.3 is 0 Å². The van der Waals surface area contributed by atoms with E-state index in [9.17, 15) is 4.79 Å². The molecule has 1 unspecified atom stereocenters. The maximum Gasteiger partial charge on any atom is 0.238 e. The first-order valence-corrected chi connectivity index (χ1v) is 9.04. The van der Waals surface area contributed by atoms with Crippen LogP contribution in [-0.2, 0) is 11.8 Å². The molecule has 1 atom stereocenters. The van der Waals surface area contributed by atoms with Crippen molar-refractivity contribution in [3.8, 4) is 11.5 Å². The van der Waals surface area contributed by atoms with Gasteiger partial charge in [-0.25, -0.2) is 4.98 Å². The van der Waals surface area contributed by atoms with Crippen LogP contribution in [-0.4, -0.2) is 60.8 Å². The molecular weight excluding hydrogens is 405 g/mol. The van der Waals surface area contributed by atoms with E-state index in [1.165, 1.54) is 14.2 Å². The second kappa shape index (κ2) is 9.97. The fourth-order valence-corrected chi connectivity index (χ4v) is 3.46. The molecule has 10 heteroatoms. The third-order valence-corrected chi connectivity index (χ3v) is 4.90. The summed E-state index contributed by atoms with van der Waals surface area (Å²) in [6.45, 7) is 2.57. The smallest absolute Gasteiger partial charge is 0.238 e. The quantitative estimate of drug-likeness (QED) is 0.731. The van der Waals surface area contributed by atoms with Gasteiger partial charge in [0.1, 0.15) is 17.3 Å². The van der Waals surface area contributed by atoms with Crippen molar-refractivity contribution in [1.29, 1.82) is 0 Å². The number of rotatable bonds is 6. The number of anilines is 1. The Balaban J connectivity index is 0.00000280. The monoisotopic (exact) mass is 429 g/mol. The van der Waals surface area contributed by atoms with Gasteiger partial charge < -0.3 is 24.7 Å². The summed E-state index contributed by atoms with van der Waals surface area (Å²) in [5.41, 5.74) is 0.511. The Morgan fingerprint density at radius 1 is 1.36 bits per heavy atom. The summed E-state index contributed by atoms with van der Waals surface area (Å²) < 4.78 is 12.5. The summed E-state index contributed by atoms with van der Waals surface area (Å²) in [6.07, 6.45) is 3.68. The number of amides is 1. The Bertz CT molecular complexity index is 815. The number of nitrogens with zero attached hydrogens (tertiary/aromatic N) is 3. The van der Waals surface area contributed by atoms with Crippen LogP contribution in [0.15, 0.2) is 24.5 Å². The van der Waals surface area contributed by atoms with Crippen LogP contribution in [0.4, 0.5) is 5.69 Å². The minimum Gasteiger partial charge on any atom is -0.495 e. The lowest BCUT2D eigenvalue weighted by atomic mass is 10.1. The van der Waals surface area contributed by atoms with Crippen molar-refractivity contribution in [2.75, 3.05) is 45.7 Å². The van der Waals surface area contributed by atoms with E-state index in [4.69, 9.17) is 21.1 Å². The van der Waals surface area contributed by atoms with E-state index < -0.39 is 0 Å². The van der Waals surface area contributed by atoms with E-state index in [2.05, 4.69) is 20.5 Å². The number of carbonyl (C=O) groups is 1. The number of hydrogen-bond acceptors (Lipinski definition) is 6. The lowest BCUT2D eigenvalue weighted by Crippen LogP contribution is -2.49. The van der Waals surface area contributed by atoms with Crippen LogP contribution >= 0.6 is 24.0 Å². The second-order valence-electron chi connectivity index (χ2n) is 6.32. The Labute approximate surface area is 175 Å². The molecule has 0 aliphatic carbocycles. The van der Waals surface area contributed by atoms with Crippen LogP contribution in [0.5, 0.6) is 11.5 Å². The molecule has 1 aliphatic heterocycles. The molecule has 1 fully saturated rings. The highest BCUT2D eigenvalue weighted by Gasteiger charge is 2.28. The molecular formula is C18H25Cl2N5O3. The standard InChI is InChI=1S/C18H24ClN5O3.ClH/c1-23-6-5-21-18(23)14-10-20-4-7-24(14)11-17(25)22-13-8-12(19)15(26-2)9-16(13)27-3;/h5-6,8-9,14,20H,4,7,10-11H2,1-3H3,(H,22,25);1H. The third-order valence-electron chi connectivity index (χ3n) is 4.61. The van der Waals surface area contributed by atoms with Crippen molar-refractivity contribution < 1.29 is 14.3 Å². The number of halogens is 2. The molecule has 0 radical (unpaired) electrons. The molecule has 2 heterocycles. The summed E-state index contributed by atoms with van der Waals surface area (Å²) in [4.78, 5) is 19.2. The number of methoxy groups -OCH3 is 2. The number of carbonyl (C=O) groups excluding carboxylic acids is 1. The van der Waals surface area contributed by atoms with Gasteiger partial charge in [-0.1, -0.05) is 11.6 Å². The van der Waals surface area contributed by atoms with Gasteiger partial charge in [-0.05, 0) is 6.07 Å². The molecule has 3 rings (SSSR count). The van der Waals surface area contributed by atoms with Gasteiger partial charge in [0.25, 0.3) is 0 Å². The minimum atomic E-state index is -0.143. The summed E-state index contributed by atoms with van der Waals surface area (Å²) in [5.74, 6) is 1.77. The van der Waals surface area contributed by atoms with Crippen molar-refractivity contribution in [3.05, 3.63) is 35.4 Å². The summed E-state index contributed by atoms with van der Waals surface area (Å²) in [6, 6.07) is 3.32. The maximum atomic E-state index is 12.7. The second-order valence-corrected chi connectivity index (χ2v) is 6.73. The highest BCUT2D eigenvalue weighted by Crippen LogP contribution is 2.36. The summed E-state index contributed by atoms with van der Waals surface area (Å²) in [5, 5.41) is 6.66. The molecule has 154 valence electrons. The van der Waals surface area contributed by atoms with Crippen molar-refractivity contribution in [2.45, 2.75) is 6.04 Å². The largest absolute Gasteiger partial charge is 0.495 e. The van der Waals surface area contributed by atoms with Crippen molar-refractivity contribution in [2.24, 2.45) is 7.05 Å². The first-order valence-electron chi connectivity index (χ1n) is 8.66. The molecule has 0 bridgehead atoms. The number of aromatic nitrogens is 2. The van der Waals surface area contributed by atoms with Crippen LogP contribution in [0.2, 0.25) is 5.02 Å². The number of nitrogens with one attached hydrogen (secondary N) is 2. The van der Waals surface area contributed by atoms with E-state index in [0.717, 1.165) is 25.5 Å². The Hall–Kier alpha value is -2.00. The predicted molar refractivity (Wildman–Crippen MR) is 111 cm³/mol. The molecule has 8 nitrogen and oxygen atoms in total. The first-order chi connectivity index (χ1) is 13.0. The number of hydrogen-bond donors (Lipinski definition) is 2. The molecule has 1 aliphatic rings. The van der Waals surface area contributed by atoms with Gasteiger partial charge in [-0.3, -0.25) is 9.69 Å². The zero-order chi connectivity index (χ0) is 19.4.